The van der Waals surface area contributed by atoms with Gasteiger partial charge in [0.05, 0.1) is 23.9 Å². The maximum atomic E-state index is 14.0. The Morgan fingerprint density at radius 2 is 2.06 bits per heavy atom. The van der Waals surface area contributed by atoms with E-state index in [0.29, 0.717) is 38.5 Å². The molecule has 0 amide bonds. The summed E-state index contributed by atoms with van der Waals surface area (Å²) in [6.45, 7) is 2.24. The van der Waals surface area contributed by atoms with Crippen molar-refractivity contribution < 1.29 is 9.53 Å². The lowest BCUT2D eigenvalue weighted by atomic mass is 9.89. The number of thiophene rings is 1. The number of aromatic nitrogens is 2. The molecule has 4 aromatic rings. The standard InChI is InChI=1S/C26H23ClN2O3S2/c1-15-8-10-18-22(12-15)34-24-23(18)25(31)29(19-13-17(27)9-11-21(19)32-2)26(28-24)33-14-20(30)16-6-4-3-5-7-16/h3-7,9,11,13,15H,8,10,12,14H2,1-2H3/t15-/m0/s1. The van der Waals surface area contributed by atoms with Gasteiger partial charge >= 0.3 is 0 Å². The predicted molar refractivity (Wildman–Crippen MR) is 139 cm³/mol. The van der Waals surface area contributed by atoms with E-state index in [9.17, 15) is 9.59 Å². The highest BCUT2D eigenvalue weighted by molar-refractivity contribution is 7.99. The summed E-state index contributed by atoms with van der Waals surface area (Å²) in [5, 5.41) is 1.61. The lowest BCUT2D eigenvalue weighted by Gasteiger charge is -2.18. The molecule has 0 fully saturated rings. The summed E-state index contributed by atoms with van der Waals surface area (Å²) in [5.41, 5.74) is 2.12. The summed E-state index contributed by atoms with van der Waals surface area (Å²) in [4.78, 5) is 33.7. The average molecular weight is 511 g/mol. The number of hydrogen-bond donors (Lipinski definition) is 0. The number of aryl methyl sites for hydroxylation is 1. The molecule has 1 aliphatic carbocycles. The highest BCUT2D eigenvalue weighted by atomic mass is 35.5. The van der Waals surface area contributed by atoms with Crippen molar-refractivity contribution in [3.8, 4) is 11.4 Å². The molecule has 0 saturated carbocycles. The quantitative estimate of drug-likeness (QED) is 0.175. The molecule has 0 bridgehead atoms. The van der Waals surface area contributed by atoms with Crippen molar-refractivity contribution in [2.45, 2.75) is 31.3 Å². The number of ketones is 1. The molecule has 5 rings (SSSR count). The van der Waals surface area contributed by atoms with Gasteiger partial charge in [-0.15, -0.1) is 11.3 Å². The van der Waals surface area contributed by atoms with Gasteiger partial charge in [-0.25, -0.2) is 4.98 Å². The molecule has 1 atom stereocenters. The van der Waals surface area contributed by atoms with Gasteiger partial charge in [-0.05, 0) is 48.9 Å². The van der Waals surface area contributed by atoms with Crippen LogP contribution in [0, 0.1) is 5.92 Å². The fourth-order valence-electron chi connectivity index (χ4n) is 4.36. The fraction of sp³-hybridized carbons (Fsp3) is 0.269. The van der Waals surface area contributed by atoms with E-state index in [1.54, 1.807) is 53.3 Å². The molecule has 5 nitrogen and oxygen atoms in total. The van der Waals surface area contributed by atoms with Gasteiger partial charge in [0, 0.05) is 15.5 Å². The second kappa shape index (κ2) is 9.56. The molecule has 0 saturated heterocycles. The van der Waals surface area contributed by atoms with Gasteiger partial charge < -0.3 is 4.74 Å². The van der Waals surface area contributed by atoms with Crippen LogP contribution in [0.15, 0.2) is 58.5 Å². The lowest BCUT2D eigenvalue weighted by Crippen LogP contribution is -2.23. The zero-order valence-electron chi connectivity index (χ0n) is 18.8. The highest BCUT2D eigenvalue weighted by Gasteiger charge is 2.26. The SMILES string of the molecule is COc1ccc(Cl)cc1-n1c(SCC(=O)c2ccccc2)nc2sc3c(c2c1=O)CC[C@H](C)C3. The number of Topliss-reactive ketones (excluding diaryl/α,β-unsaturated/α-hetero) is 1. The Kier molecular flexibility index (Phi) is 6.51. The normalized spacial score (nSPS) is 15.3. The Morgan fingerprint density at radius 1 is 1.26 bits per heavy atom. The van der Waals surface area contributed by atoms with Crippen LogP contribution in [0.3, 0.4) is 0 Å². The minimum atomic E-state index is -0.146. The van der Waals surface area contributed by atoms with Gasteiger partial charge in [0.2, 0.25) is 0 Å². The van der Waals surface area contributed by atoms with E-state index < -0.39 is 0 Å². The smallest absolute Gasteiger partial charge is 0.267 e. The van der Waals surface area contributed by atoms with Gasteiger partial charge in [0.25, 0.3) is 5.56 Å². The highest BCUT2D eigenvalue weighted by Crippen LogP contribution is 2.38. The number of benzene rings is 2. The summed E-state index contributed by atoms with van der Waals surface area (Å²) >= 11 is 9.17. The third kappa shape index (κ3) is 4.28. The van der Waals surface area contributed by atoms with Crippen LogP contribution in [0.2, 0.25) is 5.02 Å². The maximum absolute atomic E-state index is 14.0. The van der Waals surface area contributed by atoms with Crippen LogP contribution in [0.25, 0.3) is 15.9 Å². The van der Waals surface area contributed by atoms with Gasteiger partial charge in [-0.3, -0.25) is 14.2 Å². The van der Waals surface area contributed by atoms with E-state index in [-0.39, 0.29) is 17.1 Å². The number of rotatable bonds is 6. The largest absolute Gasteiger partial charge is 0.495 e. The van der Waals surface area contributed by atoms with Crippen LogP contribution in [0.1, 0.15) is 34.1 Å². The summed E-state index contributed by atoms with van der Waals surface area (Å²) in [5.74, 6) is 1.24. The third-order valence-electron chi connectivity index (χ3n) is 6.11. The first-order valence-corrected chi connectivity index (χ1v) is 13.3. The molecule has 0 N–H and O–H groups in total. The Balaban J connectivity index is 1.67. The van der Waals surface area contributed by atoms with E-state index in [0.717, 1.165) is 29.7 Å². The number of thioether (sulfide) groups is 1. The molecular weight excluding hydrogens is 488 g/mol. The molecule has 0 spiro atoms. The Hall–Kier alpha value is -2.61. The molecule has 34 heavy (non-hydrogen) atoms. The van der Waals surface area contributed by atoms with E-state index in [1.807, 2.05) is 18.2 Å². The second-order valence-electron chi connectivity index (χ2n) is 8.46. The maximum Gasteiger partial charge on any atom is 0.267 e. The van der Waals surface area contributed by atoms with Crippen LogP contribution in [0.5, 0.6) is 5.75 Å². The van der Waals surface area contributed by atoms with Crippen molar-refractivity contribution >= 4 is 50.7 Å². The van der Waals surface area contributed by atoms with E-state index in [2.05, 4.69) is 6.92 Å². The van der Waals surface area contributed by atoms with Crippen LogP contribution in [-0.4, -0.2) is 28.2 Å². The van der Waals surface area contributed by atoms with Crippen molar-refractivity contribution in [3.05, 3.63) is 79.9 Å². The molecule has 0 aliphatic heterocycles. The molecule has 1 aliphatic rings. The molecule has 2 aromatic carbocycles. The van der Waals surface area contributed by atoms with Crippen molar-refractivity contribution in [2.24, 2.45) is 5.92 Å². The topological polar surface area (TPSA) is 61.2 Å². The molecule has 0 radical (unpaired) electrons. The molecule has 2 heterocycles. The monoisotopic (exact) mass is 510 g/mol. The summed E-state index contributed by atoms with van der Waals surface area (Å²) in [6.07, 6.45) is 2.89. The number of halogens is 1. The summed E-state index contributed by atoms with van der Waals surface area (Å²) in [6, 6.07) is 14.3. The van der Waals surface area contributed by atoms with E-state index in [1.165, 1.54) is 16.6 Å². The number of ether oxygens (including phenoxy) is 1. The zero-order chi connectivity index (χ0) is 23.8. The number of nitrogens with zero attached hydrogens (tertiary/aromatic N) is 2. The number of methoxy groups -OCH3 is 1. The fourth-order valence-corrected chi connectivity index (χ4v) is 6.85. The van der Waals surface area contributed by atoms with Gasteiger partial charge in [-0.1, -0.05) is 60.6 Å². The molecule has 8 heteroatoms. The minimum absolute atomic E-state index is 0.0242. The van der Waals surface area contributed by atoms with E-state index >= 15 is 0 Å². The van der Waals surface area contributed by atoms with Crippen LogP contribution >= 0.6 is 34.7 Å². The van der Waals surface area contributed by atoms with Crippen molar-refractivity contribution in [2.75, 3.05) is 12.9 Å². The van der Waals surface area contributed by atoms with Crippen molar-refractivity contribution in [1.29, 1.82) is 0 Å². The number of carbonyl (C=O) groups is 1. The predicted octanol–water partition coefficient (Wildman–Crippen LogP) is 6.21. The first-order chi connectivity index (χ1) is 16.5. The molecule has 0 unspecified atom stereocenters. The first kappa shape index (κ1) is 23.1. The van der Waals surface area contributed by atoms with Crippen molar-refractivity contribution in [3.63, 3.8) is 0 Å². The number of hydrogen-bond acceptors (Lipinski definition) is 6. The van der Waals surface area contributed by atoms with Gasteiger partial charge in [-0.2, -0.15) is 0 Å². The Bertz CT molecular complexity index is 1450. The van der Waals surface area contributed by atoms with E-state index in [4.69, 9.17) is 21.3 Å². The minimum Gasteiger partial charge on any atom is -0.495 e. The second-order valence-corrected chi connectivity index (χ2v) is 10.9. The Morgan fingerprint density at radius 3 is 2.82 bits per heavy atom. The molecular formula is C26H23ClN2O3S2. The molecule has 2 aromatic heterocycles. The number of fused-ring (bicyclic) bond motifs is 3. The average Bonchev–Trinajstić information content (AvgIpc) is 3.20. The lowest BCUT2D eigenvalue weighted by molar-refractivity contribution is 0.102. The zero-order valence-corrected chi connectivity index (χ0v) is 21.2. The van der Waals surface area contributed by atoms with Gasteiger partial charge in [0.15, 0.2) is 10.9 Å². The summed E-state index contributed by atoms with van der Waals surface area (Å²) < 4.78 is 7.12. The Labute approximate surface area is 210 Å². The molecule has 174 valence electrons. The van der Waals surface area contributed by atoms with Crippen molar-refractivity contribution in [1.82, 2.24) is 9.55 Å². The van der Waals surface area contributed by atoms with Crippen LogP contribution < -0.4 is 10.3 Å². The number of carbonyl (C=O) groups excluding carboxylic acids is 1. The van der Waals surface area contributed by atoms with Gasteiger partial charge in [0.1, 0.15) is 10.6 Å². The van der Waals surface area contributed by atoms with Crippen LogP contribution in [-0.2, 0) is 12.8 Å². The summed E-state index contributed by atoms with van der Waals surface area (Å²) in [7, 11) is 1.56. The third-order valence-corrected chi connectivity index (χ3v) is 8.43. The first-order valence-electron chi connectivity index (χ1n) is 11.1. The van der Waals surface area contributed by atoms with Crippen LogP contribution in [0.4, 0.5) is 0 Å².